The molecule has 0 aliphatic carbocycles. The van der Waals surface area contributed by atoms with Crippen LogP contribution in [0.25, 0.3) is 0 Å². The van der Waals surface area contributed by atoms with Crippen LogP contribution in [0.1, 0.15) is 52.0 Å². The van der Waals surface area contributed by atoms with Crippen LogP contribution < -0.4 is 10.1 Å². The summed E-state index contributed by atoms with van der Waals surface area (Å²) < 4.78 is 5.70. The maximum atomic E-state index is 13.2. The summed E-state index contributed by atoms with van der Waals surface area (Å²) in [6.45, 7) is 6.50. The molecule has 2 aromatic rings. The van der Waals surface area contributed by atoms with Crippen molar-refractivity contribution in [2.45, 2.75) is 65.1 Å². The molecule has 180 valence electrons. The van der Waals surface area contributed by atoms with Crippen molar-refractivity contribution in [2.24, 2.45) is 0 Å². The maximum Gasteiger partial charge on any atom is 0.243 e. The molecule has 33 heavy (non-hydrogen) atoms. The van der Waals surface area contributed by atoms with E-state index in [1.807, 2.05) is 26.8 Å². The number of hydrogen-bond acceptors (Lipinski definition) is 3. The van der Waals surface area contributed by atoms with E-state index in [0.29, 0.717) is 40.3 Å². The van der Waals surface area contributed by atoms with Crippen molar-refractivity contribution in [1.82, 2.24) is 10.2 Å². The largest absolute Gasteiger partial charge is 0.494 e. The van der Waals surface area contributed by atoms with E-state index in [1.165, 1.54) is 0 Å². The van der Waals surface area contributed by atoms with Gasteiger partial charge in [0, 0.05) is 24.0 Å². The topological polar surface area (TPSA) is 58.6 Å². The predicted molar refractivity (Wildman–Crippen MR) is 135 cm³/mol. The van der Waals surface area contributed by atoms with Gasteiger partial charge in [-0.1, -0.05) is 54.7 Å². The third-order valence-corrected chi connectivity index (χ3v) is 6.33. The Morgan fingerprint density at radius 3 is 2.30 bits per heavy atom. The highest BCUT2D eigenvalue weighted by Gasteiger charge is 2.29. The molecule has 2 atom stereocenters. The van der Waals surface area contributed by atoms with Gasteiger partial charge in [0.25, 0.3) is 0 Å². The summed E-state index contributed by atoms with van der Waals surface area (Å²) in [7, 11) is 0. The summed E-state index contributed by atoms with van der Waals surface area (Å²) in [4.78, 5) is 27.8. The van der Waals surface area contributed by atoms with E-state index < -0.39 is 6.04 Å². The van der Waals surface area contributed by atoms with E-state index in [9.17, 15) is 9.59 Å². The normalized spacial score (nSPS) is 12.7. The number of benzene rings is 2. The van der Waals surface area contributed by atoms with Gasteiger partial charge in [-0.3, -0.25) is 9.59 Å². The molecule has 2 rings (SSSR count). The van der Waals surface area contributed by atoms with Crippen molar-refractivity contribution in [2.75, 3.05) is 6.61 Å². The Kier molecular flexibility index (Phi) is 11.3. The second-order valence-corrected chi connectivity index (χ2v) is 9.17. The minimum Gasteiger partial charge on any atom is -0.494 e. The van der Waals surface area contributed by atoms with Crippen LogP contribution in [0, 0.1) is 0 Å². The van der Waals surface area contributed by atoms with Crippen molar-refractivity contribution in [3.63, 3.8) is 0 Å². The van der Waals surface area contributed by atoms with Gasteiger partial charge in [-0.25, -0.2) is 0 Å². The number of carbonyl (C=O) groups is 2. The highest BCUT2D eigenvalue weighted by molar-refractivity contribution is 6.42. The Bertz CT molecular complexity index is 922. The molecule has 8 heteroatoms. The van der Waals surface area contributed by atoms with Crippen molar-refractivity contribution in [1.29, 1.82) is 0 Å². The van der Waals surface area contributed by atoms with E-state index in [4.69, 9.17) is 39.5 Å². The monoisotopic (exact) mass is 512 g/mol. The molecule has 0 spiro atoms. The van der Waals surface area contributed by atoms with Gasteiger partial charge in [0.15, 0.2) is 0 Å². The molecule has 0 saturated heterocycles. The fraction of sp³-hybridized carbons (Fsp3) is 0.440. The van der Waals surface area contributed by atoms with Crippen LogP contribution in [0.4, 0.5) is 0 Å². The minimum atomic E-state index is -0.585. The number of nitrogens with one attached hydrogen (secondary N) is 1. The third-order valence-electron chi connectivity index (χ3n) is 5.34. The first-order valence-electron chi connectivity index (χ1n) is 11.2. The van der Waals surface area contributed by atoms with Gasteiger partial charge in [0.1, 0.15) is 11.8 Å². The highest BCUT2D eigenvalue weighted by atomic mass is 35.5. The Balaban J connectivity index is 2.09. The van der Waals surface area contributed by atoms with Gasteiger partial charge in [-0.05, 0) is 68.1 Å². The molecule has 0 heterocycles. The van der Waals surface area contributed by atoms with E-state index >= 15 is 0 Å². The van der Waals surface area contributed by atoms with Crippen LogP contribution in [0.5, 0.6) is 5.75 Å². The van der Waals surface area contributed by atoms with Gasteiger partial charge in [-0.2, -0.15) is 0 Å². The zero-order chi connectivity index (χ0) is 24.4. The Hall–Kier alpha value is -1.95. The average molecular weight is 514 g/mol. The van der Waals surface area contributed by atoms with Crippen LogP contribution >= 0.6 is 34.8 Å². The SMILES string of the molecule is CCC(C)NC(=O)C(CC)N(Cc1ccc(Cl)c(Cl)c1)C(=O)CCCOc1ccc(Cl)cc1. The lowest BCUT2D eigenvalue weighted by Crippen LogP contribution is -2.50. The first-order chi connectivity index (χ1) is 15.7. The molecule has 2 amide bonds. The van der Waals surface area contributed by atoms with Gasteiger partial charge >= 0.3 is 0 Å². The quantitative estimate of drug-likeness (QED) is 0.328. The third kappa shape index (κ3) is 8.73. The van der Waals surface area contributed by atoms with Crippen molar-refractivity contribution in [3.05, 3.63) is 63.1 Å². The summed E-state index contributed by atoms with van der Waals surface area (Å²) in [6.07, 6.45) is 2.08. The maximum absolute atomic E-state index is 13.2. The van der Waals surface area contributed by atoms with Gasteiger partial charge in [0.05, 0.1) is 16.7 Å². The van der Waals surface area contributed by atoms with Crippen molar-refractivity contribution in [3.8, 4) is 5.75 Å². The van der Waals surface area contributed by atoms with Crippen LogP contribution in [0.15, 0.2) is 42.5 Å². The van der Waals surface area contributed by atoms with Gasteiger partial charge in [0.2, 0.25) is 11.8 Å². The second-order valence-electron chi connectivity index (χ2n) is 7.92. The zero-order valence-corrected chi connectivity index (χ0v) is 21.5. The molecular weight excluding hydrogens is 483 g/mol. The number of nitrogens with zero attached hydrogens (tertiary/aromatic N) is 1. The number of ether oxygens (including phenoxy) is 1. The molecule has 0 aliphatic rings. The Labute approximate surface area is 211 Å². The van der Waals surface area contributed by atoms with Crippen molar-refractivity contribution < 1.29 is 14.3 Å². The number of rotatable bonds is 12. The molecule has 2 aromatic carbocycles. The van der Waals surface area contributed by atoms with E-state index in [1.54, 1.807) is 41.3 Å². The van der Waals surface area contributed by atoms with E-state index in [0.717, 1.165) is 12.0 Å². The molecular formula is C25H31Cl3N2O3. The Morgan fingerprint density at radius 2 is 1.70 bits per heavy atom. The molecule has 1 N–H and O–H groups in total. The summed E-state index contributed by atoms with van der Waals surface area (Å²) in [5, 5.41) is 4.49. The molecule has 0 bridgehead atoms. The fourth-order valence-electron chi connectivity index (χ4n) is 3.28. The molecule has 0 aliphatic heterocycles. The average Bonchev–Trinajstić information content (AvgIpc) is 2.79. The minimum absolute atomic E-state index is 0.0289. The Morgan fingerprint density at radius 1 is 1.00 bits per heavy atom. The summed E-state index contributed by atoms with van der Waals surface area (Å²) in [5.74, 6) is 0.420. The van der Waals surface area contributed by atoms with Gasteiger partial charge < -0.3 is 15.0 Å². The van der Waals surface area contributed by atoms with E-state index in [-0.39, 0.29) is 30.8 Å². The number of halogens is 3. The summed E-state index contributed by atoms with van der Waals surface area (Å²) >= 11 is 18.1. The standard InChI is InChI=1S/C25H31Cl3N2O3/c1-4-17(3)29-25(32)23(5-2)30(16-18-8-13-21(27)22(28)15-18)24(31)7-6-14-33-20-11-9-19(26)10-12-20/h8-13,15,17,23H,4-7,14,16H2,1-3H3,(H,29,32). The molecule has 5 nitrogen and oxygen atoms in total. The number of amides is 2. The molecule has 0 fully saturated rings. The van der Waals surface area contributed by atoms with Crippen molar-refractivity contribution >= 4 is 46.6 Å². The lowest BCUT2D eigenvalue weighted by atomic mass is 10.1. The fourth-order valence-corrected chi connectivity index (χ4v) is 3.73. The highest BCUT2D eigenvalue weighted by Crippen LogP contribution is 2.24. The summed E-state index contributed by atoms with van der Waals surface area (Å²) in [6, 6.07) is 11.8. The second kappa shape index (κ2) is 13.7. The van der Waals surface area contributed by atoms with Crippen LogP contribution in [-0.2, 0) is 16.1 Å². The first-order valence-corrected chi connectivity index (χ1v) is 12.3. The molecule has 0 aromatic heterocycles. The predicted octanol–water partition coefficient (Wildman–Crippen LogP) is 6.53. The molecule has 0 saturated carbocycles. The van der Waals surface area contributed by atoms with Crippen LogP contribution in [0.3, 0.4) is 0 Å². The summed E-state index contributed by atoms with van der Waals surface area (Å²) in [5.41, 5.74) is 0.810. The molecule has 2 unspecified atom stereocenters. The number of hydrogen-bond donors (Lipinski definition) is 1. The first kappa shape index (κ1) is 27.3. The van der Waals surface area contributed by atoms with Crippen LogP contribution in [-0.4, -0.2) is 35.4 Å². The zero-order valence-electron chi connectivity index (χ0n) is 19.2. The van der Waals surface area contributed by atoms with E-state index in [2.05, 4.69) is 5.32 Å². The lowest BCUT2D eigenvalue weighted by molar-refractivity contribution is -0.141. The lowest BCUT2D eigenvalue weighted by Gasteiger charge is -2.31. The molecule has 0 radical (unpaired) electrons. The van der Waals surface area contributed by atoms with Crippen LogP contribution in [0.2, 0.25) is 15.1 Å². The smallest absolute Gasteiger partial charge is 0.243 e. The number of carbonyl (C=O) groups excluding carboxylic acids is 2. The van der Waals surface area contributed by atoms with Gasteiger partial charge in [-0.15, -0.1) is 0 Å².